The van der Waals surface area contributed by atoms with E-state index in [1.54, 1.807) is 0 Å². The lowest BCUT2D eigenvalue weighted by molar-refractivity contribution is -0.0168. The van der Waals surface area contributed by atoms with Gasteiger partial charge in [0.25, 0.3) is 0 Å². The molecule has 0 aromatic rings. The van der Waals surface area contributed by atoms with Gasteiger partial charge in [0, 0.05) is 38.3 Å². The Kier molecular flexibility index (Phi) is 5.29. The zero-order chi connectivity index (χ0) is 13.8. The molecule has 2 N–H and O–H groups in total. The Morgan fingerprint density at radius 2 is 2.20 bits per heavy atom. The van der Waals surface area contributed by atoms with Gasteiger partial charge in [-0.1, -0.05) is 0 Å². The summed E-state index contributed by atoms with van der Waals surface area (Å²) in [6.07, 6.45) is 6.03. The number of ether oxygens (including phenoxy) is 2. The van der Waals surface area contributed by atoms with E-state index in [1.165, 1.54) is 25.8 Å². The highest BCUT2D eigenvalue weighted by Gasteiger charge is 2.34. The van der Waals surface area contributed by atoms with Crippen molar-refractivity contribution in [1.82, 2.24) is 10.2 Å². The maximum Gasteiger partial charge on any atom is 0.0897 e. The predicted octanol–water partition coefficient (Wildman–Crippen LogP) is 0.369. The summed E-state index contributed by atoms with van der Waals surface area (Å²) in [6.45, 7) is 4.88. The molecule has 0 spiro atoms. The molecule has 5 nitrogen and oxygen atoms in total. The Labute approximate surface area is 121 Å². The summed E-state index contributed by atoms with van der Waals surface area (Å²) in [5.41, 5.74) is 0. The molecule has 0 amide bonds. The number of rotatable bonds is 8. The quantitative estimate of drug-likeness (QED) is 0.674. The average molecular weight is 284 g/mol. The topological polar surface area (TPSA) is 54.0 Å². The number of aliphatic hydroxyl groups excluding tert-OH is 1. The van der Waals surface area contributed by atoms with Gasteiger partial charge in [-0.25, -0.2) is 0 Å². The van der Waals surface area contributed by atoms with Crippen LogP contribution in [0.1, 0.15) is 32.1 Å². The minimum Gasteiger partial charge on any atom is -0.389 e. The highest BCUT2D eigenvalue weighted by atomic mass is 16.5. The number of aliphatic hydroxyl groups is 1. The number of hydrogen-bond donors (Lipinski definition) is 2. The van der Waals surface area contributed by atoms with Gasteiger partial charge in [0.15, 0.2) is 0 Å². The highest BCUT2D eigenvalue weighted by Crippen LogP contribution is 2.29. The van der Waals surface area contributed by atoms with E-state index in [9.17, 15) is 5.11 Å². The van der Waals surface area contributed by atoms with Gasteiger partial charge in [-0.15, -0.1) is 0 Å². The summed E-state index contributed by atoms with van der Waals surface area (Å²) >= 11 is 0. The second-order valence-corrected chi connectivity index (χ2v) is 6.45. The predicted molar refractivity (Wildman–Crippen MR) is 76.8 cm³/mol. The largest absolute Gasteiger partial charge is 0.389 e. The van der Waals surface area contributed by atoms with Crippen LogP contribution in [0.25, 0.3) is 0 Å². The molecule has 0 radical (unpaired) electrons. The summed E-state index contributed by atoms with van der Waals surface area (Å²) in [7, 11) is 0. The fourth-order valence-electron chi connectivity index (χ4n) is 3.20. The van der Waals surface area contributed by atoms with Gasteiger partial charge in [-0.2, -0.15) is 0 Å². The van der Waals surface area contributed by atoms with E-state index in [2.05, 4.69) is 10.2 Å². The third kappa shape index (κ3) is 4.40. The summed E-state index contributed by atoms with van der Waals surface area (Å²) < 4.78 is 11.0. The molecule has 3 atom stereocenters. The first kappa shape index (κ1) is 14.7. The van der Waals surface area contributed by atoms with Crippen LogP contribution < -0.4 is 5.32 Å². The van der Waals surface area contributed by atoms with E-state index >= 15 is 0 Å². The number of hydrogen-bond acceptors (Lipinski definition) is 5. The zero-order valence-electron chi connectivity index (χ0n) is 12.3. The van der Waals surface area contributed by atoms with Gasteiger partial charge < -0.3 is 19.9 Å². The lowest BCUT2D eigenvalue weighted by atomic mass is 10.2. The van der Waals surface area contributed by atoms with Crippen molar-refractivity contribution in [3.05, 3.63) is 0 Å². The van der Waals surface area contributed by atoms with Gasteiger partial charge in [0.1, 0.15) is 0 Å². The minimum absolute atomic E-state index is 0.247. The molecule has 0 aromatic heterocycles. The molecule has 116 valence electrons. The zero-order valence-corrected chi connectivity index (χ0v) is 12.3. The highest BCUT2D eigenvalue weighted by molar-refractivity contribution is 4.91. The first-order valence-corrected chi connectivity index (χ1v) is 8.16. The molecule has 1 aliphatic carbocycles. The molecule has 3 rings (SSSR count). The van der Waals surface area contributed by atoms with Gasteiger partial charge >= 0.3 is 0 Å². The Balaban J connectivity index is 1.22. The van der Waals surface area contributed by atoms with E-state index in [-0.39, 0.29) is 6.10 Å². The standard InChI is InChI=1S/C15H28N2O3/c18-14(10-19-11-15-2-1-7-20-15)8-16-12-5-6-17(9-12)13-3-4-13/h12-16,18H,1-11H2. The van der Waals surface area contributed by atoms with Crippen LogP contribution in [0.5, 0.6) is 0 Å². The first-order valence-electron chi connectivity index (χ1n) is 8.16. The SMILES string of the molecule is OC(CNC1CCN(C2CC2)C1)COCC1CCCO1. The molecular weight excluding hydrogens is 256 g/mol. The lowest BCUT2D eigenvalue weighted by Gasteiger charge is -2.18. The Morgan fingerprint density at radius 3 is 2.95 bits per heavy atom. The number of nitrogens with one attached hydrogen (secondary N) is 1. The van der Waals surface area contributed by atoms with E-state index in [0.717, 1.165) is 32.0 Å². The van der Waals surface area contributed by atoms with Crippen LogP contribution in [-0.2, 0) is 9.47 Å². The fourth-order valence-corrected chi connectivity index (χ4v) is 3.20. The van der Waals surface area contributed by atoms with Crippen LogP contribution in [-0.4, -0.2) is 73.8 Å². The molecule has 0 aromatic carbocycles. The van der Waals surface area contributed by atoms with E-state index in [4.69, 9.17) is 9.47 Å². The summed E-state index contributed by atoms with van der Waals surface area (Å²) in [6, 6.07) is 1.41. The Bertz CT molecular complexity index is 293. The fraction of sp³-hybridized carbons (Fsp3) is 1.00. The Hall–Kier alpha value is -0.200. The molecule has 2 heterocycles. The molecule has 3 fully saturated rings. The van der Waals surface area contributed by atoms with Crippen LogP contribution in [0, 0.1) is 0 Å². The normalized spacial score (nSPS) is 32.9. The van der Waals surface area contributed by atoms with Crippen molar-refractivity contribution in [1.29, 1.82) is 0 Å². The molecule has 20 heavy (non-hydrogen) atoms. The molecule has 3 unspecified atom stereocenters. The smallest absolute Gasteiger partial charge is 0.0897 e. The van der Waals surface area contributed by atoms with Gasteiger partial charge in [0.05, 0.1) is 25.4 Å². The van der Waals surface area contributed by atoms with Crippen LogP contribution in [0.15, 0.2) is 0 Å². The molecule has 5 heteroatoms. The van der Waals surface area contributed by atoms with Crippen molar-refractivity contribution in [2.45, 2.75) is 56.4 Å². The second kappa shape index (κ2) is 7.18. The van der Waals surface area contributed by atoms with Crippen LogP contribution in [0.3, 0.4) is 0 Å². The van der Waals surface area contributed by atoms with Gasteiger partial charge in [-0.05, 0) is 32.1 Å². The van der Waals surface area contributed by atoms with E-state index < -0.39 is 6.10 Å². The van der Waals surface area contributed by atoms with Crippen molar-refractivity contribution in [2.24, 2.45) is 0 Å². The third-order valence-corrected chi connectivity index (χ3v) is 4.56. The summed E-state index contributed by atoms with van der Waals surface area (Å²) in [4.78, 5) is 2.58. The molecule has 2 saturated heterocycles. The van der Waals surface area contributed by atoms with E-state index in [1.807, 2.05) is 0 Å². The van der Waals surface area contributed by atoms with Gasteiger partial charge in [0.2, 0.25) is 0 Å². The van der Waals surface area contributed by atoms with Crippen LogP contribution in [0.4, 0.5) is 0 Å². The maximum absolute atomic E-state index is 9.93. The maximum atomic E-state index is 9.93. The minimum atomic E-state index is -0.411. The van der Waals surface area contributed by atoms with Crippen molar-refractivity contribution in [3.8, 4) is 0 Å². The second-order valence-electron chi connectivity index (χ2n) is 6.45. The summed E-state index contributed by atoms with van der Waals surface area (Å²) in [5, 5.41) is 13.4. The molecular formula is C15H28N2O3. The lowest BCUT2D eigenvalue weighted by Crippen LogP contribution is -2.39. The molecule has 1 saturated carbocycles. The average Bonchev–Trinajstić information content (AvgIpc) is 2.98. The molecule has 2 aliphatic heterocycles. The summed E-state index contributed by atoms with van der Waals surface area (Å²) in [5.74, 6) is 0. The number of nitrogens with zero attached hydrogens (tertiary/aromatic N) is 1. The van der Waals surface area contributed by atoms with Crippen LogP contribution in [0.2, 0.25) is 0 Å². The number of likely N-dealkylation sites (tertiary alicyclic amines) is 1. The van der Waals surface area contributed by atoms with Crippen molar-refractivity contribution < 1.29 is 14.6 Å². The van der Waals surface area contributed by atoms with Crippen molar-refractivity contribution in [3.63, 3.8) is 0 Å². The van der Waals surface area contributed by atoms with E-state index in [0.29, 0.717) is 25.8 Å². The van der Waals surface area contributed by atoms with Crippen molar-refractivity contribution in [2.75, 3.05) is 39.5 Å². The molecule has 3 aliphatic rings. The third-order valence-electron chi connectivity index (χ3n) is 4.56. The Morgan fingerprint density at radius 1 is 1.30 bits per heavy atom. The van der Waals surface area contributed by atoms with Gasteiger partial charge in [-0.3, -0.25) is 4.90 Å². The molecule has 0 bridgehead atoms. The monoisotopic (exact) mass is 284 g/mol. The van der Waals surface area contributed by atoms with Crippen molar-refractivity contribution >= 4 is 0 Å². The first-order chi connectivity index (χ1) is 9.81. The van der Waals surface area contributed by atoms with Crippen LogP contribution >= 0.6 is 0 Å².